The Balaban J connectivity index is 2.63. The second-order valence-electron chi connectivity index (χ2n) is 4.19. The molecule has 1 aliphatic rings. The number of carbonyl (C=O) groups is 1. The van der Waals surface area contributed by atoms with Gasteiger partial charge in [0.05, 0.1) is 5.92 Å². The fourth-order valence-electron chi connectivity index (χ4n) is 1.91. The first-order chi connectivity index (χ1) is 6.02. The van der Waals surface area contributed by atoms with Gasteiger partial charge >= 0.3 is 5.97 Å². The van der Waals surface area contributed by atoms with E-state index in [9.17, 15) is 4.79 Å². The van der Waals surface area contributed by atoms with Gasteiger partial charge in [-0.3, -0.25) is 4.79 Å². The molecule has 0 aliphatic heterocycles. The van der Waals surface area contributed by atoms with Crippen molar-refractivity contribution >= 4 is 5.97 Å². The first kappa shape index (κ1) is 10.3. The average molecular weight is 182 g/mol. The van der Waals surface area contributed by atoms with Crippen molar-refractivity contribution < 1.29 is 9.90 Å². The van der Waals surface area contributed by atoms with Crippen LogP contribution in [0, 0.1) is 11.8 Å². The van der Waals surface area contributed by atoms with Crippen LogP contribution in [-0.2, 0) is 4.79 Å². The number of allylic oxidation sites excluding steroid dienone is 2. The van der Waals surface area contributed by atoms with Crippen molar-refractivity contribution in [3.8, 4) is 0 Å². The molecule has 0 aromatic rings. The molecule has 0 saturated carbocycles. The molecule has 1 aliphatic carbocycles. The molecule has 0 aromatic heterocycles. The van der Waals surface area contributed by atoms with Crippen LogP contribution in [0.2, 0.25) is 0 Å². The third kappa shape index (κ3) is 2.33. The molecule has 2 atom stereocenters. The average Bonchev–Trinajstić information content (AvgIpc) is 2.08. The predicted octanol–water partition coefficient (Wildman–Crippen LogP) is 2.84. The molecule has 0 bridgehead atoms. The number of carboxylic acid groups (broad SMARTS) is 1. The fourth-order valence-corrected chi connectivity index (χ4v) is 1.91. The summed E-state index contributed by atoms with van der Waals surface area (Å²) in [5, 5.41) is 8.87. The summed E-state index contributed by atoms with van der Waals surface area (Å²) in [4.78, 5) is 10.8. The molecule has 0 fully saturated rings. The van der Waals surface area contributed by atoms with Crippen molar-refractivity contribution in [2.45, 2.75) is 40.0 Å². The molecule has 2 unspecified atom stereocenters. The standard InChI is InChI=1S/C11H18O2/c1-7-4-5-10(6-8(7)2)9(3)11(12)13/h9-10H,4-6H2,1-3H3,(H,12,13). The first-order valence-corrected chi connectivity index (χ1v) is 4.90. The highest BCUT2D eigenvalue weighted by molar-refractivity contribution is 5.69. The first-order valence-electron chi connectivity index (χ1n) is 4.90. The Morgan fingerprint density at radius 2 is 2.08 bits per heavy atom. The van der Waals surface area contributed by atoms with Crippen molar-refractivity contribution in [2.24, 2.45) is 11.8 Å². The van der Waals surface area contributed by atoms with E-state index in [0.717, 1.165) is 19.3 Å². The highest BCUT2D eigenvalue weighted by Gasteiger charge is 2.26. The minimum absolute atomic E-state index is 0.192. The van der Waals surface area contributed by atoms with Gasteiger partial charge in [-0.15, -0.1) is 0 Å². The quantitative estimate of drug-likeness (QED) is 0.667. The van der Waals surface area contributed by atoms with Crippen LogP contribution in [0.3, 0.4) is 0 Å². The van der Waals surface area contributed by atoms with E-state index in [-0.39, 0.29) is 5.92 Å². The van der Waals surface area contributed by atoms with Crippen LogP contribution in [0.15, 0.2) is 11.1 Å². The number of carboxylic acids is 1. The van der Waals surface area contributed by atoms with Crippen LogP contribution >= 0.6 is 0 Å². The van der Waals surface area contributed by atoms with E-state index in [1.54, 1.807) is 0 Å². The van der Waals surface area contributed by atoms with Gasteiger partial charge in [-0.2, -0.15) is 0 Å². The summed E-state index contributed by atoms with van der Waals surface area (Å²) in [5.41, 5.74) is 2.85. The number of hydrogen-bond donors (Lipinski definition) is 1. The molecule has 1 rings (SSSR count). The molecule has 13 heavy (non-hydrogen) atoms. The van der Waals surface area contributed by atoms with E-state index in [4.69, 9.17) is 5.11 Å². The van der Waals surface area contributed by atoms with Crippen LogP contribution < -0.4 is 0 Å². The summed E-state index contributed by atoms with van der Waals surface area (Å²) in [6.07, 6.45) is 3.09. The summed E-state index contributed by atoms with van der Waals surface area (Å²) >= 11 is 0. The van der Waals surface area contributed by atoms with Crippen LogP contribution in [0.25, 0.3) is 0 Å². The van der Waals surface area contributed by atoms with Crippen LogP contribution in [0.4, 0.5) is 0 Å². The Bertz CT molecular complexity index is 240. The van der Waals surface area contributed by atoms with E-state index in [1.165, 1.54) is 11.1 Å². The zero-order valence-electron chi connectivity index (χ0n) is 8.63. The van der Waals surface area contributed by atoms with Gasteiger partial charge in [0.1, 0.15) is 0 Å². The molecule has 0 amide bonds. The molecule has 0 radical (unpaired) electrons. The van der Waals surface area contributed by atoms with Gasteiger partial charge in [-0.1, -0.05) is 18.1 Å². The summed E-state index contributed by atoms with van der Waals surface area (Å²) < 4.78 is 0. The highest BCUT2D eigenvalue weighted by Crippen LogP contribution is 2.33. The maximum Gasteiger partial charge on any atom is 0.306 e. The molecule has 0 saturated heterocycles. The molecule has 1 N–H and O–H groups in total. The normalized spacial score (nSPS) is 25.9. The lowest BCUT2D eigenvalue weighted by Crippen LogP contribution is -2.23. The van der Waals surface area contributed by atoms with E-state index in [2.05, 4.69) is 13.8 Å². The predicted molar refractivity (Wildman–Crippen MR) is 52.5 cm³/mol. The maximum atomic E-state index is 10.8. The van der Waals surface area contributed by atoms with Crippen LogP contribution in [0.5, 0.6) is 0 Å². The van der Waals surface area contributed by atoms with Crippen molar-refractivity contribution in [1.82, 2.24) is 0 Å². The third-order valence-electron chi connectivity index (χ3n) is 3.28. The Kier molecular flexibility index (Phi) is 3.12. The monoisotopic (exact) mass is 182 g/mol. The van der Waals surface area contributed by atoms with E-state index in [1.807, 2.05) is 6.92 Å². The largest absolute Gasteiger partial charge is 0.481 e. The molecule has 0 aromatic carbocycles. The Hall–Kier alpha value is -0.790. The lowest BCUT2D eigenvalue weighted by molar-refractivity contribution is -0.143. The zero-order valence-corrected chi connectivity index (χ0v) is 8.63. The summed E-state index contributed by atoms with van der Waals surface area (Å²) in [5.74, 6) is -0.499. The molecular weight excluding hydrogens is 164 g/mol. The van der Waals surface area contributed by atoms with Crippen LogP contribution in [-0.4, -0.2) is 11.1 Å². The lowest BCUT2D eigenvalue weighted by atomic mass is 9.78. The van der Waals surface area contributed by atoms with Crippen molar-refractivity contribution in [1.29, 1.82) is 0 Å². The number of hydrogen-bond acceptors (Lipinski definition) is 1. The Morgan fingerprint density at radius 1 is 1.46 bits per heavy atom. The zero-order chi connectivity index (χ0) is 10.0. The van der Waals surface area contributed by atoms with Gasteiger partial charge < -0.3 is 5.11 Å². The highest BCUT2D eigenvalue weighted by atomic mass is 16.4. The summed E-state index contributed by atoms with van der Waals surface area (Å²) in [6, 6.07) is 0. The van der Waals surface area contributed by atoms with Crippen molar-refractivity contribution in [2.75, 3.05) is 0 Å². The number of aliphatic carboxylic acids is 1. The van der Waals surface area contributed by atoms with E-state index < -0.39 is 5.97 Å². The molecule has 0 spiro atoms. The van der Waals surface area contributed by atoms with Gasteiger partial charge in [-0.25, -0.2) is 0 Å². The topological polar surface area (TPSA) is 37.3 Å². The van der Waals surface area contributed by atoms with Gasteiger partial charge in [0, 0.05) is 0 Å². The van der Waals surface area contributed by atoms with E-state index >= 15 is 0 Å². The van der Waals surface area contributed by atoms with Crippen molar-refractivity contribution in [3.63, 3.8) is 0 Å². The molecule has 0 heterocycles. The molecular formula is C11H18O2. The third-order valence-corrected chi connectivity index (χ3v) is 3.28. The van der Waals surface area contributed by atoms with E-state index in [0.29, 0.717) is 5.92 Å². The molecule has 2 heteroatoms. The van der Waals surface area contributed by atoms with Crippen LogP contribution in [0.1, 0.15) is 40.0 Å². The second-order valence-corrected chi connectivity index (χ2v) is 4.19. The summed E-state index contributed by atoms with van der Waals surface area (Å²) in [6.45, 7) is 6.09. The maximum absolute atomic E-state index is 10.8. The molecule has 2 nitrogen and oxygen atoms in total. The van der Waals surface area contributed by atoms with Gasteiger partial charge in [0.25, 0.3) is 0 Å². The molecule has 74 valence electrons. The smallest absolute Gasteiger partial charge is 0.306 e. The second kappa shape index (κ2) is 3.95. The SMILES string of the molecule is CC1=C(C)CC(C(C)C(=O)O)CC1. The Labute approximate surface area is 79.6 Å². The Morgan fingerprint density at radius 3 is 2.54 bits per heavy atom. The number of rotatable bonds is 2. The minimum atomic E-state index is -0.655. The van der Waals surface area contributed by atoms with Gasteiger partial charge in [0.15, 0.2) is 0 Å². The summed E-state index contributed by atoms with van der Waals surface area (Å²) in [7, 11) is 0. The van der Waals surface area contributed by atoms with Crippen molar-refractivity contribution in [3.05, 3.63) is 11.1 Å². The minimum Gasteiger partial charge on any atom is -0.481 e. The van der Waals surface area contributed by atoms with Gasteiger partial charge in [0.2, 0.25) is 0 Å². The fraction of sp³-hybridized carbons (Fsp3) is 0.727. The van der Waals surface area contributed by atoms with Gasteiger partial charge in [-0.05, 0) is 39.0 Å². The lowest BCUT2D eigenvalue weighted by Gasteiger charge is -2.26.